The minimum absolute atomic E-state index is 1.21. The third kappa shape index (κ3) is 5.53. The van der Waals surface area contributed by atoms with Gasteiger partial charge < -0.3 is 0 Å². The average Bonchev–Trinajstić information content (AvgIpc) is 3.28. The van der Waals surface area contributed by atoms with Gasteiger partial charge in [-0.25, -0.2) is 0 Å². The van der Waals surface area contributed by atoms with Crippen LogP contribution >= 0.6 is 0 Å². The molecule has 0 atom stereocenters. The first-order chi connectivity index (χ1) is 28.2. The summed E-state index contributed by atoms with van der Waals surface area (Å²) < 4.78 is 0. The molecule has 57 heavy (non-hydrogen) atoms. The Kier molecular flexibility index (Phi) is 7.83. The topological polar surface area (TPSA) is 0 Å². The van der Waals surface area contributed by atoms with Gasteiger partial charge in [0.1, 0.15) is 0 Å². The first kappa shape index (κ1) is 33.1. The van der Waals surface area contributed by atoms with Crippen molar-refractivity contribution in [2.24, 2.45) is 0 Å². The lowest BCUT2D eigenvalue weighted by Crippen LogP contribution is -1.92. The highest BCUT2D eigenvalue weighted by atomic mass is 14.2. The summed E-state index contributed by atoms with van der Waals surface area (Å²) in [5, 5.41) is 12.6. The van der Waals surface area contributed by atoms with Crippen LogP contribution in [0.5, 0.6) is 0 Å². The number of aryl methyl sites for hydroxylation is 1. The van der Waals surface area contributed by atoms with Gasteiger partial charge in [0.25, 0.3) is 0 Å². The normalized spacial score (nSPS) is 11.6. The Labute approximate surface area is 332 Å². The van der Waals surface area contributed by atoms with Gasteiger partial charge in [-0.1, -0.05) is 200 Å². The van der Waals surface area contributed by atoms with Crippen LogP contribution in [-0.2, 0) is 0 Å². The van der Waals surface area contributed by atoms with E-state index in [0.717, 1.165) is 0 Å². The number of hydrogen-bond acceptors (Lipinski definition) is 0. The number of benzene rings is 11. The van der Waals surface area contributed by atoms with Crippen molar-refractivity contribution in [3.05, 3.63) is 218 Å². The predicted molar refractivity (Wildman–Crippen MR) is 246 cm³/mol. The molecule has 0 amide bonds. The van der Waals surface area contributed by atoms with Crippen LogP contribution in [0.25, 0.3) is 109 Å². The third-order valence-corrected chi connectivity index (χ3v) is 12.0. The zero-order chi connectivity index (χ0) is 37.9. The highest BCUT2D eigenvalue weighted by molar-refractivity contribution is 6.21. The van der Waals surface area contributed by atoms with E-state index in [1.165, 1.54) is 115 Å². The minimum Gasteiger partial charge on any atom is -0.0616 e. The van der Waals surface area contributed by atoms with E-state index >= 15 is 0 Å². The molecule has 0 aromatic heterocycles. The van der Waals surface area contributed by atoms with Gasteiger partial charge in [0, 0.05) is 0 Å². The van der Waals surface area contributed by atoms with Gasteiger partial charge in [0.05, 0.1) is 0 Å². The van der Waals surface area contributed by atoms with Crippen LogP contribution < -0.4 is 0 Å². The molecular weight excluding hydrogens is 685 g/mol. The predicted octanol–water partition coefficient (Wildman–Crippen LogP) is 16.1. The summed E-state index contributed by atoms with van der Waals surface area (Å²) in [7, 11) is 0. The van der Waals surface area contributed by atoms with Crippen LogP contribution in [0.1, 0.15) is 5.56 Å². The second kappa shape index (κ2) is 13.5. The van der Waals surface area contributed by atoms with Crippen LogP contribution in [0.4, 0.5) is 0 Å². The molecule has 0 unspecified atom stereocenters. The molecule has 266 valence electrons. The number of fused-ring (bicyclic) bond motifs is 5. The maximum Gasteiger partial charge on any atom is -0.00262 e. The van der Waals surface area contributed by atoms with Crippen molar-refractivity contribution in [1.29, 1.82) is 0 Å². The lowest BCUT2D eigenvalue weighted by molar-refractivity contribution is 1.52. The Morgan fingerprint density at radius 1 is 0.228 bits per heavy atom. The number of rotatable bonds is 5. The lowest BCUT2D eigenvalue weighted by atomic mass is 9.84. The van der Waals surface area contributed by atoms with Crippen LogP contribution in [0.15, 0.2) is 212 Å². The molecule has 0 saturated heterocycles. The molecule has 0 nitrogen and oxygen atoms in total. The van der Waals surface area contributed by atoms with Gasteiger partial charge in [-0.15, -0.1) is 0 Å². The molecule has 0 fully saturated rings. The van der Waals surface area contributed by atoms with Crippen LogP contribution in [0.3, 0.4) is 0 Å². The number of hydrogen-bond donors (Lipinski definition) is 0. The van der Waals surface area contributed by atoms with Crippen molar-refractivity contribution in [2.45, 2.75) is 6.92 Å². The monoisotopic (exact) mass is 722 g/mol. The standard InChI is InChI=1S/C57H38/c1-37-25-33-47(50-20-7-6-18-46(37)50)40-27-29-41(30-28-40)55-51-21-8-10-23-53(51)57(54-24-11-9-22-52(54)55)44-17-12-16-43(36-44)49-34-32-39-14-4-5-19-48(39)56(49)45-31-26-38-13-2-3-15-42(38)35-45/h2-36H,1H3. The Bertz CT molecular complexity index is 3290. The van der Waals surface area contributed by atoms with E-state index in [0.29, 0.717) is 0 Å². The van der Waals surface area contributed by atoms with Crippen molar-refractivity contribution in [3.8, 4) is 55.6 Å². The van der Waals surface area contributed by atoms with Crippen molar-refractivity contribution in [1.82, 2.24) is 0 Å². The smallest absolute Gasteiger partial charge is 0.00262 e. The van der Waals surface area contributed by atoms with E-state index in [4.69, 9.17) is 0 Å². The van der Waals surface area contributed by atoms with E-state index in [1.807, 2.05) is 0 Å². The molecule has 0 bridgehead atoms. The van der Waals surface area contributed by atoms with E-state index in [-0.39, 0.29) is 0 Å². The lowest BCUT2D eigenvalue weighted by Gasteiger charge is -2.19. The Hall–Kier alpha value is -7.28. The largest absolute Gasteiger partial charge is 0.0616 e. The highest BCUT2D eigenvalue weighted by Crippen LogP contribution is 2.46. The summed E-state index contributed by atoms with van der Waals surface area (Å²) in [6, 6.07) is 78.5. The fraction of sp³-hybridized carbons (Fsp3) is 0.0175. The molecule has 11 rings (SSSR count). The van der Waals surface area contributed by atoms with E-state index in [1.54, 1.807) is 0 Å². The zero-order valence-corrected chi connectivity index (χ0v) is 31.7. The van der Waals surface area contributed by atoms with Crippen LogP contribution in [-0.4, -0.2) is 0 Å². The first-order valence-electron chi connectivity index (χ1n) is 19.8. The van der Waals surface area contributed by atoms with Gasteiger partial charge >= 0.3 is 0 Å². The molecule has 0 aliphatic carbocycles. The van der Waals surface area contributed by atoms with Crippen molar-refractivity contribution >= 4 is 53.9 Å². The summed E-state index contributed by atoms with van der Waals surface area (Å²) in [6.07, 6.45) is 0. The Morgan fingerprint density at radius 3 is 1.40 bits per heavy atom. The van der Waals surface area contributed by atoms with Crippen LogP contribution in [0.2, 0.25) is 0 Å². The Morgan fingerprint density at radius 2 is 0.702 bits per heavy atom. The van der Waals surface area contributed by atoms with Crippen LogP contribution in [0, 0.1) is 6.92 Å². The second-order valence-electron chi connectivity index (χ2n) is 15.2. The quantitative estimate of drug-likeness (QED) is 0.155. The van der Waals surface area contributed by atoms with Gasteiger partial charge in [-0.2, -0.15) is 0 Å². The molecule has 0 aliphatic rings. The van der Waals surface area contributed by atoms with Crippen molar-refractivity contribution < 1.29 is 0 Å². The molecular formula is C57H38. The summed E-state index contributed by atoms with van der Waals surface area (Å²) in [6.45, 7) is 2.19. The average molecular weight is 723 g/mol. The van der Waals surface area contributed by atoms with Gasteiger partial charge in [-0.3, -0.25) is 0 Å². The van der Waals surface area contributed by atoms with Crippen molar-refractivity contribution in [2.75, 3.05) is 0 Å². The summed E-state index contributed by atoms with van der Waals surface area (Å²) >= 11 is 0. The van der Waals surface area contributed by atoms with Gasteiger partial charge in [-0.05, 0) is 134 Å². The highest BCUT2D eigenvalue weighted by Gasteiger charge is 2.19. The van der Waals surface area contributed by atoms with E-state index < -0.39 is 0 Å². The van der Waals surface area contributed by atoms with Gasteiger partial charge in [0.15, 0.2) is 0 Å². The molecule has 11 aromatic rings. The van der Waals surface area contributed by atoms with E-state index in [9.17, 15) is 0 Å². The molecule has 11 aromatic carbocycles. The summed E-state index contributed by atoms with van der Waals surface area (Å²) in [4.78, 5) is 0. The maximum atomic E-state index is 2.41. The fourth-order valence-corrected chi connectivity index (χ4v) is 9.28. The Balaban J connectivity index is 1.09. The SMILES string of the molecule is Cc1ccc(-c2ccc(-c3c4ccccc4c(-c4cccc(-c5ccc6ccccc6c5-c5ccc6ccccc6c5)c4)c4ccccc34)cc2)c2ccccc12. The molecule has 0 heterocycles. The summed E-state index contributed by atoms with van der Waals surface area (Å²) in [5.74, 6) is 0. The van der Waals surface area contributed by atoms with Gasteiger partial charge in [0.2, 0.25) is 0 Å². The molecule has 0 N–H and O–H groups in total. The maximum absolute atomic E-state index is 2.41. The second-order valence-corrected chi connectivity index (χ2v) is 15.2. The van der Waals surface area contributed by atoms with E-state index in [2.05, 4.69) is 219 Å². The fourth-order valence-electron chi connectivity index (χ4n) is 9.28. The molecule has 0 heteroatoms. The minimum atomic E-state index is 1.21. The third-order valence-electron chi connectivity index (χ3n) is 12.0. The molecule has 0 radical (unpaired) electrons. The molecule has 0 saturated carbocycles. The first-order valence-corrected chi connectivity index (χ1v) is 19.8. The molecule has 0 aliphatic heterocycles. The van der Waals surface area contributed by atoms with Crippen molar-refractivity contribution in [3.63, 3.8) is 0 Å². The molecule has 0 spiro atoms. The zero-order valence-electron chi connectivity index (χ0n) is 31.7. The summed E-state index contributed by atoms with van der Waals surface area (Å²) in [5.41, 5.74) is 13.7.